The second-order valence-corrected chi connectivity index (χ2v) is 7.20. The molecule has 8 heteroatoms. The van der Waals surface area contributed by atoms with Crippen molar-refractivity contribution in [3.8, 4) is 0 Å². The predicted octanol–water partition coefficient (Wildman–Crippen LogP) is 3.46. The molecule has 0 fully saturated rings. The molecule has 0 aromatic heterocycles. The van der Waals surface area contributed by atoms with Crippen LogP contribution in [0.2, 0.25) is 0 Å². The van der Waals surface area contributed by atoms with Gasteiger partial charge in [-0.05, 0) is 18.1 Å². The van der Waals surface area contributed by atoms with E-state index < -0.39 is 17.5 Å². The van der Waals surface area contributed by atoms with Crippen molar-refractivity contribution in [1.29, 1.82) is 0 Å². The number of nitrogens with zero attached hydrogens (tertiary/aromatic N) is 2. The number of carbonyl (C=O) groups excluding carboxylic acids is 1. The number of aliphatic carboxylic acids is 2. The lowest BCUT2D eigenvalue weighted by molar-refractivity contribution is -0.148. The molecule has 0 saturated heterocycles. The average molecular weight is 453 g/mol. The highest BCUT2D eigenvalue weighted by Crippen LogP contribution is 2.40. The van der Waals surface area contributed by atoms with E-state index in [2.05, 4.69) is 17.9 Å². The molecule has 2 N–H and O–H groups in total. The molecule has 1 aliphatic heterocycles. The van der Waals surface area contributed by atoms with Gasteiger partial charge < -0.3 is 19.8 Å². The molecule has 1 atom stereocenters. The highest BCUT2D eigenvalue weighted by Gasteiger charge is 2.46. The van der Waals surface area contributed by atoms with Crippen LogP contribution >= 0.6 is 0 Å². The Balaban J connectivity index is 0.000000414. The fourth-order valence-corrected chi connectivity index (χ4v) is 3.60. The van der Waals surface area contributed by atoms with Crippen LogP contribution in [0.5, 0.6) is 0 Å². The molecule has 1 heterocycles. The van der Waals surface area contributed by atoms with Gasteiger partial charge in [-0.25, -0.2) is 19.4 Å². The summed E-state index contributed by atoms with van der Waals surface area (Å²) in [6.45, 7) is 4.93. The Hall–Kier alpha value is -3.94. The van der Waals surface area contributed by atoms with Crippen molar-refractivity contribution >= 4 is 23.7 Å². The molecule has 0 aliphatic carbocycles. The van der Waals surface area contributed by atoms with E-state index in [9.17, 15) is 14.4 Å². The van der Waals surface area contributed by atoms with E-state index in [0.717, 1.165) is 35.5 Å². The molecule has 1 unspecified atom stereocenters. The van der Waals surface area contributed by atoms with Gasteiger partial charge in [0.15, 0.2) is 0 Å². The van der Waals surface area contributed by atoms with Crippen LogP contribution in [-0.2, 0) is 31.2 Å². The maximum absolute atomic E-state index is 13.3. The first-order chi connectivity index (χ1) is 15.8. The summed E-state index contributed by atoms with van der Waals surface area (Å²) < 4.78 is 5.52. The first kappa shape index (κ1) is 25.3. The molecule has 2 aromatic carbocycles. The van der Waals surface area contributed by atoms with Crippen molar-refractivity contribution in [1.82, 2.24) is 4.90 Å². The number of esters is 1. The average Bonchev–Trinajstić information content (AvgIpc) is 2.93. The molecule has 8 nitrogen and oxygen atoms in total. The molecule has 0 amide bonds. The summed E-state index contributed by atoms with van der Waals surface area (Å²) in [5, 5.41) is 15.6. The first-order valence-corrected chi connectivity index (χ1v) is 10.5. The van der Waals surface area contributed by atoms with Gasteiger partial charge in [0, 0.05) is 37.7 Å². The van der Waals surface area contributed by atoms with Gasteiger partial charge in [0.2, 0.25) is 5.54 Å². The summed E-state index contributed by atoms with van der Waals surface area (Å²) in [5.41, 5.74) is 1.66. The number of carboxylic acids is 2. The van der Waals surface area contributed by atoms with Crippen molar-refractivity contribution in [3.63, 3.8) is 0 Å². The Morgan fingerprint density at radius 1 is 1.00 bits per heavy atom. The molecule has 3 rings (SSSR count). The van der Waals surface area contributed by atoms with Gasteiger partial charge in [0.1, 0.15) is 5.84 Å². The molecule has 0 bridgehead atoms. The summed E-state index contributed by atoms with van der Waals surface area (Å²) in [4.78, 5) is 39.5. The van der Waals surface area contributed by atoms with Gasteiger partial charge in [0.25, 0.3) is 0 Å². The van der Waals surface area contributed by atoms with E-state index in [-0.39, 0.29) is 5.97 Å². The molecule has 2 aromatic rings. The van der Waals surface area contributed by atoms with Crippen LogP contribution in [0.15, 0.2) is 71.7 Å². The minimum Gasteiger partial charge on any atom is -0.478 e. The normalized spacial score (nSPS) is 17.2. The lowest BCUT2D eigenvalue weighted by Crippen LogP contribution is -2.38. The molecule has 0 spiro atoms. The summed E-state index contributed by atoms with van der Waals surface area (Å²) in [7, 11) is 2.02. The largest absolute Gasteiger partial charge is 0.478 e. The number of carbonyl (C=O) groups is 3. The van der Waals surface area contributed by atoms with Crippen LogP contribution in [0.25, 0.3) is 0 Å². The number of hydrogen-bond acceptors (Lipinski definition) is 6. The third-order valence-electron chi connectivity index (χ3n) is 5.00. The van der Waals surface area contributed by atoms with Gasteiger partial charge in [-0.15, -0.1) is 0 Å². The van der Waals surface area contributed by atoms with E-state index in [1.54, 1.807) is 0 Å². The lowest BCUT2D eigenvalue weighted by Gasteiger charge is -2.29. The minimum atomic E-state index is -1.26. The molecule has 1 aliphatic rings. The number of benzene rings is 2. The number of hydrogen-bond donors (Lipinski definition) is 2. The van der Waals surface area contributed by atoms with Crippen LogP contribution in [0.3, 0.4) is 0 Å². The predicted molar refractivity (Wildman–Crippen MR) is 124 cm³/mol. The molecule has 174 valence electrons. The topological polar surface area (TPSA) is 117 Å². The highest BCUT2D eigenvalue weighted by molar-refractivity contribution is 5.94. The number of aliphatic imine (C=N–C) groups is 1. The van der Waals surface area contributed by atoms with E-state index in [0.29, 0.717) is 18.8 Å². The second kappa shape index (κ2) is 11.6. The van der Waals surface area contributed by atoms with Crippen molar-refractivity contribution in [2.24, 2.45) is 4.99 Å². The highest BCUT2D eigenvalue weighted by atomic mass is 16.5. The standard InChI is InChI=1S/C21H24N2O2.C4H4O4/c1-4-19-22-21(20(24)25-5-2,17-12-7-6-8-13-17)18-14-10-9-11-16(18)15-23(19)3;5-3(6)1-2-4(7)8/h6-14H,4-5,15H2,1-3H3;1-2H,(H,5,6)(H,7,8)/b;2-1+. The Morgan fingerprint density at radius 3 is 2.12 bits per heavy atom. The minimum absolute atomic E-state index is 0.322. The SMILES string of the molecule is CCOC(=O)C1(c2ccccc2)N=C(CC)N(C)Cc2ccccc21.O=C(O)/C=C/C(=O)O. The molecule has 33 heavy (non-hydrogen) atoms. The third-order valence-corrected chi connectivity index (χ3v) is 5.00. The first-order valence-electron chi connectivity index (χ1n) is 10.5. The molecule has 0 radical (unpaired) electrons. The summed E-state index contributed by atoms with van der Waals surface area (Å²) in [6.07, 6.45) is 1.86. The van der Waals surface area contributed by atoms with Gasteiger partial charge in [-0.1, -0.05) is 61.5 Å². The summed E-state index contributed by atoms with van der Waals surface area (Å²) in [5.74, 6) is -1.94. The van der Waals surface area contributed by atoms with Crippen LogP contribution in [0.4, 0.5) is 0 Å². The van der Waals surface area contributed by atoms with E-state index >= 15 is 0 Å². The van der Waals surface area contributed by atoms with Crippen LogP contribution in [0, 0.1) is 0 Å². The van der Waals surface area contributed by atoms with Crippen molar-refractivity contribution in [3.05, 3.63) is 83.4 Å². The number of fused-ring (bicyclic) bond motifs is 1. The monoisotopic (exact) mass is 452 g/mol. The molecular weight excluding hydrogens is 424 g/mol. The summed E-state index contributed by atoms with van der Waals surface area (Å²) >= 11 is 0. The maximum Gasteiger partial charge on any atom is 0.343 e. The van der Waals surface area contributed by atoms with Gasteiger partial charge in [-0.2, -0.15) is 0 Å². The molecular formula is C25H28N2O6. The Kier molecular flexibility index (Phi) is 8.91. The quantitative estimate of drug-likeness (QED) is 0.509. The number of ether oxygens (including phenoxy) is 1. The fraction of sp³-hybridized carbons (Fsp3) is 0.280. The van der Waals surface area contributed by atoms with E-state index in [1.165, 1.54) is 0 Å². The van der Waals surface area contributed by atoms with E-state index in [1.807, 2.05) is 62.5 Å². The van der Waals surface area contributed by atoms with Crippen molar-refractivity contribution in [2.45, 2.75) is 32.4 Å². The number of carboxylic acid groups (broad SMARTS) is 2. The Morgan fingerprint density at radius 2 is 1.58 bits per heavy atom. The van der Waals surface area contributed by atoms with Gasteiger partial charge >= 0.3 is 17.9 Å². The zero-order valence-electron chi connectivity index (χ0n) is 18.9. The van der Waals surface area contributed by atoms with Gasteiger partial charge in [-0.3, -0.25) is 0 Å². The Labute approximate surface area is 192 Å². The van der Waals surface area contributed by atoms with Crippen LogP contribution in [-0.4, -0.2) is 52.5 Å². The number of rotatable bonds is 6. The van der Waals surface area contributed by atoms with E-state index in [4.69, 9.17) is 19.9 Å². The van der Waals surface area contributed by atoms with Crippen molar-refractivity contribution in [2.75, 3.05) is 13.7 Å². The van der Waals surface area contributed by atoms with Crippen LogP contribution < -0.4 is 0 Å². The zero-order valence-corrected chi connectivity index (χ0v) is 18.9. The van der Waals surface area contributed by atoms with Gasteiger partial charge in [0.05, 0.1) is 6.61 Å². The Bertz CT molecular complexity index is 1030. The fourth-order valence-electron chi connectivity index (χ4n) is 3.60. The zero-order chi connectivity index (χ0) is 24.4. The third kappa shape index (κ3) is 6.06. The van der Waals surface area contributed by atoms with Crippen molar-refractivity contribution < 1.29 is 29.3 Å². The molecule has 0 saturated carbocycles. The second-order valence-electron chi connectivity index (χ2n) is 7.20. The summed E-state index contributed by atoms with van der Waals surface area (Å²) in [6, 6.07) is 17.8. The smallest absolute Gasteiger partial charge is 0.343 e. The maximum atomic E-state index is 13.3. The number of amidine groups is 1. The van der Waals surface area contributed by atoms with Crippen LogP contribution in [0.1, 0.15) is 37.0 Å². The lowest BCUT2D eigenvalue weighted by atomic mass is 9.81.